The van der Waals surface area contributed by atoms with Gasteiger partial charge in [-0.1, -0.05) is 0 Å². The average Bonchev–Trinajstić information content (AvgIpc) is 2.39. The lowest BCUT2D eigenvalue weighted by atomic mass is 10.0. The van der Waals surface area contributed by atoms with Crippen molar-refractivity contribution < 1.29 is 4.79 Å². The highest BCUT2D eigenvalue weighted by atomic mass is 16.1. The average molecular weight is 176 g/mol. The van der Waals surface area contributed by atoms with Gasteiger partial charge in [0, 0.05) is 18.9 Å². The Kier molecular flexibility index (Phi) is 1.88. The quantitative estimate of drug-likeness (QED) is 0.643. The molecule has 0 radical (unpaired) electrons. The van der Waals surface area contributed by atoms with Crippen molar-refractivity contribution in [2.45, 2.75) is 19.5 Å². The molecule has 1 unspecified atom stereocenters. The van der Waals surface area contributed by atoms with E-state index in [0.29, 0.717) is 0 Å². The van der Waals surface area contributed by atoms with Gasteiger partial charge >= 0.3 is 0 Å². The molecule has 1 aromatic heterocycles. The first-order chi connectivity index (χ1) is 6.20. The first kappa shape index (κ1) is 8.38. The van der Waals surface area contributed by atoms with Crippen molar-refractivity contribution >= 4 is 5.78 Å². The van der Waals surface area contributed by atoms with Crippen LogP contribution in [0.2, 0.25) is 0 Å². The van der Waals surface area contributed by atoms with Crippen molar-refractivity contribution in [2.24, 2.45) is 0 Å². The molecule has 0 aromatic carbocycles. The summed E-state index contributed by atoms with van der Waals surface area (Å²) in [6.07, 6.45) is 3.59. The fraction of sp³-hybridized carbons (Fsp3) is 0.400. The molecule has 13 heavy (non-hydrogen) atoms. The number of hydrogen-bond donors (Lipinski definition) is 0. The Hall–Kier alpha value is -1.22. The molecule has 0 saturated heterocycles. The Morgan fingerprint density at radius 1 is 1.69 bits per heavy atom. The van der Waals surface area contributed by atoms with Gasteiger partial charge in [0.25, 0.3) is 0 Å². The minimum absolute atomic E-state index is 0.0574. The first-order valence-electron chi connectivity index (χ1n) is 4.33. The molecule has 68 valence electrons. The minimum Gasteiger partial charge on any atom is -0.298 e. The van der Waals surface area contributed by atoms with E-state index < -0.39 is 0 Å². The number of aromatic nitrogens is 1. The van der Waals surface area contributed by atoms with Gasteiger partial charge in [0.05, 0.1) is 6.04 Å². The number of nitrogens with zero attached hydrogens (tertiary/aromatic N) is 2. The molecule has 0 aliphatic carbocycles. The van der Waals surface area contributed by atoms with Crippen LogP contribution in [0.25, 0.3) is 0 Å². The fourth-order valence-corrected chi connectivity index (χ4v) is 1.96. The van der Waals surface area contributed by atoms with Gasteiger partial charge in [0.2, 0.25) is 0 Å². The summed E-state index contributed by atoms with van der Waals surface area (Å²) in [4.78, 5) is 17.5. The third kappa shape index (κ3) is 1.25. The number of rotatable bonds is 1. The maximum absolute atomic E-state index is 11.4. The van der Waals surface area contributed by atoms with Crippen LogP contribution in [0.15, 0.2) is 18.5 Å². The first-order valence-corrected chi connectivity index (χ1v) is 4.33. The summed E-state index contributed by atoms with van der Waals surface area (Å²) < 4.78 is 0. The standard InChI is InChI=1S/C10H12N2O/c1-7(13)10-9-3-4-11-5-8(9)6-12(10)2/h3-5,10H,6H2,1-2H3. The second-order valence-electron chi connectivity index (χ2n) is 3.50. The summed E-state index contributed by atoms with van der Waals surface area (Å²) in [7, 11) is 1.96. The fourth-order valence-electron chi connectivity index (χ4n) is 1.96. The Morgan fingerprint density at radius 3 is 3.15 bits per heavy atom. The predicted molar refractivity (Wildman–Crippen MR) is 49.1 cm³/mol. The van der Waals surface area contributed by atoms with Crippen LogP contribution < -0.4 is 0 Å². The molecule has 2 rings (SSSR count). The second kappa shape index (κ2) is 2.92. The molecule has 0 saturated carbocycles. The molecule has 1 aliphatic heterocycles. The molecular formula is C10H12N2O. The highest BCUT2D eigenvalue weighted by Crippen LogP contribution is 2.31. The molecule has 1 aromatic rings. The highest BCUT2D eigenvalue weighted by molar-refractivity contribution is 5.84. The van der Waals surface area contributed by atoms with Gasteiger partial charge in [-0.15, -0.1) is 0 Å². The molecule has 0 spiro atoms. The number of Topliss-reactive ketones (excluding diaryl/α,β-unsaturated/α-hetero) is 1. The molecule has 0 amide bonds. The number of fused-ring (bicyclic) bond motifs is 1. The monoisotopic (exact) mass is 176 g/mol. The van der Waals surface area contributed by atoms with Gasteiger partial charge in [0.1, 0.15) is 0 Å². The Labute approximate surface area is 77.4 Å². The normalized spacial score (nSPS) is 21.5. The molecule has 0 bridgehead atoms. The van der Waals surface area contributed by atoms with Crippen LogP contribution in [0.5, 0.6) is 0 Å². The maximum atomic E-state index is 11.4. The van der Waals surface area contributed by atoms with E-state index in [-0.39, 0.29) is 11.8 Å². The Morgan fingerprint density at radius 2 is 2.46 bits per heavy atom. The molecule has 3 nitrogen and oxygen atoms in total. The van der Waals surface area contributed by atoms with E-state index in [4.69, 9.17) is 0 Å². The maximum Gasteiger partial charge on any atom is 0.151 e. The molecule has 0 N–H and O–H groups in total. The van der Waals surface area contributed by atoms with Crippen molar-refractivity contribution in [3.8, 4) is 0 Å². The summed E-state index contributed by atoms with van der Waals surface area (Å²) in [5.41, 5.74) is 2.29. The van der Waals surface area contributed by atoms with Crippen LogP contribution in [0.3, 0.4) is 0 Å². The lowest BCUT2D eigenvalue weighted by molar-refractivity contribution is -0.121. The molecular weight excluding hydrogens is 164 g/mol. The lowest BCUT2D eigenvalue weighted by Crippen LogP contribution is -2.22. The van der Waals surface area contributed by atoms with Crippen LogP contribution in [0.1, 0.15) is 24.1 Å². The largest absolute Gasteiger partial charge is 0.298 e. The molecule has 2 heterocycles. The van der Waals surface area contributed by atoms with E-state index in [9.17, 15) is 4.79 Å². The SMILES string of the molecule is CC(=O)C1c2ccncc2CN1C. The summed E-state index contributed by atoms with van der Waals surface area (Å²) in [6.45, 7) is 2.46. The van der Waals surface area contributed by atoms with E-state index >= 15 is 0 Å². The van der Waals surface area contributed by atoms with Crippen molar-refractivity contribution in [3.63, 3.8) is 0 Å². The van der Waals surface area contributed by atoms with Crippen molar-refractivity contribution in [1.29, 1.82) is 0 Å². The van der Waals surface area contributed by atoms with Crippen LogP contribution in [-0.4, -0.2) is 22.7 Å². The molecule has 0 fully saturated rings. The van der Waals surface area contributed by atoms with Gasteiger partial charge in [-0.2, -0.15) is 0 Å². The van der Waals surface area contributed by atoms with Gasteiger partial charge in [-0.3, -0.25) is 14.7 Å². The van der Waals surface area contributed by atoms with Crippen LogP contribution >= 0.6 is 0 Å². The number of carbonyl (C=O) groups excluding carboxylic acids is 1. The number of hydrogen-bond acceptors (Lipinski definition) is 3. The van der Waals surface area contributed by atoms with E-state index in [2.05, 4.69) is 9.88 Å². The molecule has 1 aliphatic rings. The van der Waals surface area contributed by atoms with Crippen molar-refractivity contribution in [3.05, 3.63) is 29.6 Å². The van der Waals surface area contributed by atoms with E-state index in [1.807, 2.05) is 19.3 Å². The molecule has 3 heteroatoms. The second-order valence-corrected chi connectivity index (χ2v) is 3.50. The molecule has 1 atom stereocenters. The summed E-state index contributed by atoms with van der Waals surface area (Å²) >= 11 is 0. The number of likely N-dealkylation sites (N-methyl/N-ethyl adjacent to an activating group) is 1. The van der Waals surface area contributed by atoms with Gasteiger partial charge in [0.15, 0.2) is 5.78 Å². The van der Waals surface area contributed by atoms with E-state index in [0.717, 1.165) is 12.1 Å². The van der Waals surface area contributed by atoms with Crippen LogP contribution in [-0.2, 0) is 11.3 Å². The van der Waals surface area contributed by atoms with Gasteiger partial charge in [-0.25, -0.2) is 0 Å². The summed E-state index contributed by atoms with van der Waals surface area (Å²) in [5, 5.41) is 0. The smallest absolute Gasteiger partial charge is 0.151 e. The zero-order chi connectivity index (χ0) is 9.42. The van der Waals surface area contributed by atoms with E-state index in [1.54, 1.807) is 13.1 Å². The summed E-state index contributed by atoms with van der Waals surface area (Å²) in [6, 6.07) is 1.88. The minimum atomic E-state index is -0.0574. The van der Waals surface area contributed by atoms with Gasteiger partial charge < -0.3 is 0 Å². The lowest BCUT2D eigenvalue weighted by Gasteiger charge is -2.16. The van der Waals surface area contributed by atoms with E-state index in [1.165, 1.54) is 5.56 Å². The number of ketones is 1. The third-order valence-electron chi connectivity index (χ3n) is 2.48. The number of carbonyl (C=O) groups is 1. The third-order valence-corrected chi connectivity index (χ3v) is 2.48. The van der Waals surface area contributed by atoms with Gasteiger partial charge in [-0.05, 0) is 31.2 Å². The predicted octanol–water partition coefficient (Wildman–Crippen LogP) is 1.16. The Balaban J connectivity index is 2.46. The van der Waals surface area contributed by atoms with Crippen LogP contribution in [0, 0.1) is 0 Å². The highest BCUT2D eigenvalue weighted by Gasteiger charge is 2.30. The Bertz CT molecular complexity index is 349. The van der Waals surface area contributed by atoms with Crippen molar-refractivity contribution in [1.82, 2.24) is 9.88 Å². The topological polar surface area (TPSA) is 33.2 Å². The van der Waals surface area contributed by atoms with Crippen LogP contribution in [0.4, 0.5) is 0 Å². The number of pyridine rings is 1. The van der Waals surface area contributed by atoms with Crippen molar-refractivity contribution in [2.75, 3.05) is 7.05 Å². The zero-order valence-corrected chi connectivity index (χ0v) is 7.82. The zero-order valence-electron chi connectivity index (χ0n) is 7.82. The summed E-state index contributed by atoms with van der Waals surface area (Å²) in [5.74, 6) is 0.201.